The molecule has 1 rings (SSSR count). The van der Waals surface area contributed by atoms with Crippen molar-refractivity contribution in [3.63, 3.8) is 0 Å². The van der Waals surface area contributed by atoms with Gasteiger partial charge in [-0.2, -0.15) is 0 Å². The highest BCUT2D eigenvalue weighted by Crippen LogP contribution is 2.23. The van der Waals surface area contributed by atoms with Gasteiger partial charge in [-0.3, -0.25) is 0 Å². The minimum absolute atomic E-state index is 0.740. The van der Waals surface area contributed by atoms with Crippen LogP contribution in [-0.4, -0.2) is 0 Å². The van der Waals surface area contributed by atoms with Gasteiger partial charge in [0.25, 0.3) is 0 Å². The maximum Gasteiger partial charge on any atom is -0.0257 e. The molecule has 0 saturated heterocycles. The number of allylic oxidation sites excluding steroid dienone is 6. The summed E-state index contributed by atoms with van der Waals surface area (Å²) in [7, 11) is 0. The molecule has 116 valence electrons. The molecular formula is C20H36. The zero-order chi connectivity index (χ0) is 15.8. The third-order valence-corrected chi connectivity index (χ3v) is 3.12. The molecule has 0 atom stereocenters. The summed E-state index contributed by atoms with van der Waals surface area (Å²) in [6.07, 6.45) is 15.7. The molecule has 0 amide bonds. The van der Waals surface area contributed by atoms with Crippen molar-refractivity contribution in [1.82, 2.24) is 0 Å². The Morgan fingerprint density at radius 3 is 1.70 bits per heavy atom. The number of hydrogen-bond donors (Lipinski definition) is 0. The normalized spacial score (nSPS) is 13.1. The monoisotopic (exact) mass is 276 g/mol. The largest absolute Gasteiger partial charge is 0.103 e. The first-order valence-electron chi connectivity index (χ1n) is 8.11. The quantitative estimate of drug-likeness (QED) is 0.464. The fourth-order valence-electron chi connectivity index (χ4n) is 1.65. The second-order valence-electron chi connectivity index (χ2n) is 5.56. The van der Waals surface area contributed by atoms with Gasteiger partial charge in [-0.1, -0.05) is 76.0 Å². The van der Waals surface area contributed by atoms with Gasteiger partial charge in [0.2, 0.25) is 0 Å². The summed E-state index contributed by atoms with van der Waals surface area (Å²) in [5.74, 6) is 0.740. The van der Waals surface area contributed by atoms with Gasteiger partial charge in [0.1, 0.15) is 0 Å². The van der Waals surface area contributed by atoms with Crippen molar-refractivity contribution in [2.24, 2.45) is 5.92 Å². The summed E-state index contributed by atoms with van der Waals surface area (Å²) < 4.78 is 0. The molecule has 0 unspecified atom stereocenters. The highest BCUT2D eigenvalue weighted by Gasteiger charge is 2.05. The molecule has 0 bridgehead atoms. The second kappa shape index (κ2) is 16.0. The van der Waals surface area contributed by atoms with Crippen LogP contribution in [0.3, 0.4) is 0 Å². The van der Waals surface area contributed by atoms with E-state index in [-0.39, 0.29) is 0 Å². The lowest BCUT2D eigenvalue weighted by atomic mass is 9.92. The number of unbranched alkanes of at least 4 members (excludes halogenated alkanes) is 2. The van der Waals surface area contributed by atoms with E-state index in [4.69, 9.17) is 0 Å². The lowest BCUT2D eigenvalue weighted by molar-refractivity contribution is 0.700. The minimum atomic E-state index is 0.740. The van der Waals surface area contributed by atoms with Crippen molar-refractivity contribution in [2.45, 2.75) is 73.1 Å². The Hall–Kier alpha value is -1.04. The van der Waals surface area contributed by atoms with E-state index in [1.54, 1.807) is 5.57 Å². The van der Waals surface area contributed by atoms with E-state index in [0.717, 1.165) is 18.8 Å². The number of rotatable bonds is 5. The van der Waals surface area contributed by atoms with Gasteiger partial charge in [-0.15, -0.1) is 13.2 Å². The Bertz CT molecular complexity index is 279. The van der Waals surface area contributed by atoms with Gasteiger partial charge in [-0.25, -0.2) is 0 Å². The molecule has 1 aliphatic rings. The van der Waals surface area contributed by atoms with E-state index in [2.05, 4.69) is 59.9 Å². The Balaban J connectivity index is 0. The Morgan fingerprint density at radius 2 is 1.50 bits per heavy atom. The summed E-state index contributed by atoms with van der Waals surface area (Å²) >= 11 is 0. The van der Waals surface area contributed by atoms with E-state index in [0.29, 0.717) is 0 Å². The van der Waals surface area contributed by atoms with E-state index < -0.39 is 0 Å². The fourth-order valence-corrected chi connectivity index (χ4v) is 1.65. The first kappa shape index (κ1) is 21.3. The van der Waals surface area contributed by atoms with Gasteiger partial charge >= 0.3 is 0 Å². The molecule has 0 aromatic heterocycles. The molecule has 0 spiro atoms. The van der Waals surface area contributed by atoms with Gasteiger partial charge in [-0.05, 0) is 38.5 Å². The molecule has 0 aromatic carbocycles. The van der Waals surface area contributed by atoms with E-state index in [9.17, 15) is 0 Å². The molecular weight excluding hydrogens is 240 g/mol. The van der Waals surface area contributed by atoms with Crippen LogP contribution < -0.4 is 0 Å². The average Bonchev–Trinajstić information content (AvgIpc) is 2.42. The van der Waals surface area contributed by atoms with Gasteiger partial charge in [0.15, 0.2) is 0 Å². The van der Waals surface area contributed by atoms with Crippen LogP contribution in [0.1, 0.15) is 73.1 Å². The van der Waals surface area contributed by atoms with Gasteiger partial charge < -0.3 is 0 Å². The lowest BCUT2D eigenvalue weighted by Gasteiger charge is -2.14. The van der Waals surface area contributed by atoms with Gasteiger partial charge in [0, 0.05) is 0 Å². The number of hydrogen-bond acceptors (Lipinski definition) is 0. The molecule has 20 heavy (non-hydrogen) atoms. The molecule has 0 heteroatoms. The zero-order valence-electron chi connectivity index (χ0n) is 14.5. The van der Waals surface area contributed by atoms with Crippen LogP contribution in [0.15, 0.2) is 48.6 Å². The zero-order valence-corrected chi connectivity index (χ0v) is 14.5. The first-order valence-corrected chi connectivity index (χ1v) is 8.11. The van der Waals surface area contributed by atoms with Crippen molar-refractivity contribution in [1.29, 1.82) is 0 Å². The van der Waals surface area contributed by atoms with Crippen molar-refractivity contribution in [2.75, 3.05) is 0 Å². The van der Waals surface area contributed by atoms with E-state index in [1.807, 2.05) is 12.2 Å². The SMILES string of the molecule is C=CCCC.C=CCCC.CC1=CC=C(C(C)C)CC1. The third-order valence-electron chi connectivity index (χ3n) is 3.12. The highest BCUT2D eigenvalue weighted by molar-refractivity contribution is 5.23. The van der Waals surface area contributed by atoms with Crippen molar-refractivity contribution >= 4 is 0 Å². The summed E-state index contributed by atoms with van der Waals surface area (Å²) in [5.41, 5.74) is 3.12. The Morgan fingerprint density at radius 1 is 1.00 bits per heavy atom. The van der Waals surface area contributed by atoms with Crippen LogP contribution in [0.4, 0.5) is 0 Å². The summed E-state index contributed by atoms with van der Waals surface area (Å²) in [5, 5.41) is 0. The van der Waals surface area contributed by atoms with Crippen LogP contribution in [0.2, 0.25) is 0 Å². The molecule has 0 radical (unpaired) electrons. The first-order chi connectivity index (χ1) is 9.53. The predicted octanol–water partition coefficient (Wildman–Crippen LogP) is 7.25. The van der Waals surface area contributed by atoms with Crippen LogP contribution in [0.25, 0.3) is 0 Å². The van der Waals surface area contributed by atoms with Crippen LogP contribution in [0.5, 0.6) is 0 Å². The van der Waals surface area contributed by atoms with Crippen molar-refractivity contribution in [3.05, 3.63) is 48.6 Å². The Labute approximate surface area is 128 Å². The Kier molecular flexibility index (Phi) is 17.0. The molecule has 0 nitrogen and oxygen atoms in total. The molecule has 0 saturated carbocycles. The molecule has 1 aliphatic carbocycles. The van der Waals surface area contributed by atoms with Crippen LogP contribution in [0, 0.1) is 5.92 Å². The predicted molar refractivity (Wildman–Crippen MR) is 96.1 cm³/mol. The summed E-state index contributed by atoms with van der Waals surface area (Å²) in [6, 6.07) is 0. The van der Waals surface area contributed by atoms with Gasteiger partial charge in [0.05, 0.1) is 0 Å². The van der Waals surface area contributed by atoms with E-state index >= 15 is 0 Å². The third kappa shape index (κ3) is 15.0. The molecule has 0 N–H and O–H groups in total. The summed E-state index contributed by atoms with van der Waals surface area (Å²) in [4.78, 5) is 0. The maximum absolute atomic E-state index is 3.55. The fraction of sp³-hybridized carbons (Fsp3) is 0.600. The smallest absolute Gasteiger partial charge is 0.0257 e. The summed E-state index contributed by atoms with van der Waals surface area (Å²) in [6.45, 7) is 18.1. The standard InChI is InChI=1S/C10H16.2C5H10/c1-8(2)10-6-4-9(3)5-7-10;2*1-3-5-4-2/h4,6,8H,5,7H2,1-3H3;2*3H,1,4-5H2,2H3. The molecule has 0 heterocycles. The highest BCUT2D eigenvalue weighted by atomic mass is 14.1. The van der Waals surface area contributed by atoms with Crippen molar-refractivity contribution < 1.29 is 0 Å². The maximum atomic E-state index is 3.55. The van der Waals surface area contributed by atoms with Crippen molar-refractivity contribution in [3.8, 4) is 0 Å². The molecule has 0 aliphatic heterocycles. The average molecular weight is 277 g/mol. The topological polar surface area (TPSA) is 0 Å². The van der Waals surface area contributed by atoms with E-state index in [1.165, 1.54) is 31.3 Å². The second-order valence-corrected chi connectivity index (χ2v) is 5.56. The van der Waals surface area contributed by atoms with Crippen LogP contribution >= 0.6 is 0 Å². The molecule has 0 fully saturated rings. The minimum Gasteiger partial charge on any atom is -0.103 e. The molecule has 0 aromatic rings. The lowest BCUT2D eigenvalue weighted by Crippen LogP contribution is -1.97. The van der Waals surface area contributed by atoms with Crippen LogP contribution in [-0.2, 0) is 0 Å².